The maximum absolute atomic E-state index is 13.4. The number of nitrogens with two attached hydrogens (primary N) is 1. The molecule has 3 aliphatic rings. The molecule has 11 heteroatoms. The van der Waals surface area contributed by atoms with Gasteiger partial charge in [-0.1, -0.05) is 23.7 Å². The summed E-state index contributed by atoms with van der Waals surface area (Å²) in [5, 5.41) is 10.9. The molecule has 0 atom stereocenters. The molecular formula is C22H23ClFN3O5S. The fraction of sp³-hybridized carbons (Fsp3) is 0.364. The number of benzene rings is 2. The van der Waals surface area contributed by atoms with Crippen molar-refractivity contribution in [3.8, 4) is 5.75 Å². The number of hydrogen-bond acceptors (Lipinski definition) is 5. The lowest BCUT2D eigenvalue weighted by molar-refractivity contribution is -0.183. The van der Waals surface area contributed by atoms with E-state index in [2.05, 4.69) is 10.6 Å². The number of sulfonamides is 1. The molecular weight excluding hydrogens is 473 g/mol. The Hall–Kier alpha value is -2.69. The van der Waals surface area contributed by atoms with Crippen LogP contribution >= 0.6 is 11.6 Å². The lowest BCUT2D eigenvalue weighted by atomic mass is 9.39. The van der Waals surface area contributed by atoms with Crippen LogP contribution < -0.4 is 20.5 Å². The van der Waals surface area contributed by atoms with E-state index in [0.29, 0.717) is 32.2 Å². The number of carbonyl (C=O) groups is 2. The Morgan fingerprint density at radius 1 is 1.12 bits per heavy atom. The molecule has 3 aliphatic carbocycles. The Kier molecular flexibility index (Phi) is 6.10. The number of primary sulfonamides is 1. The number of hydrogen-bond donors (Lipinski definition) is 3. The van der Waals surface area contributed by atoms with Gasteiger partial charge in [-0.05, 0) is 55.5 Å². The topological polar surface area (TPSA) is 128 Å². The number of carbonyl (C=O) groups excluding carboxylic acids is 2. The van der Waals surface area contributed by atoms with E-state index in [-0.39, 0.29) is 39.6 Å². The second-order valence-electron chi connectivity index (χ2n) is 8.70. The highest BCUT2D eigenvalue weighted by molar-refractivity contribution is 7.89. The van der Waals surface area contributed by atoms with Crippen LogP contribution in [0.3, 0.4) is 0 Å². The highest BCUT2D eigenvalue weighted by Gasteiger charge is 2.72. The first-order valence-corrected chi connectivity index (χ1v) is 12.2. The fourth-order valence-corrected chi connectivity index (χ4v) is 5.20. The predicted octanol–water partition coefficient (Wildman–Crippen LogP) is 1.90. The minimum Gasteiger partial charge on any atom is -0.484 e. The van der Waals surface area contributed by atoms with E-state index < -0.39 is 21.3 Å². The Balaban J connectivity index is 1.17. The average Bonchev–Trinajstić information content (AvgIpc) is 2.70. The Labute approximate surface area is 195 Å². The monoisotopic (exact) mass is 495 g/mol. The molecule has 2 amide bonds. The molecule has 3 fully saturated rings. The van der Waals surface area contributed by atoms with Crippen molar-refractivity contribution in [2.24, 2.45) is 10.6 Å². The summed E-state index contributed by atoms with van der Waals surface area (Å²) >= 11 is 5.62. The molecule has 0 aliphatic heterocycles. The molecule has 0 saturated heterocycles. The second kappa shape index (κ2) is 8.58. The summed E-state index contributed by atoms with van der Waals surface area (Å²) in [5.41, 5.74) is 0.0434. The smallest absolute Gasteiger partial charge is 0.258 e. The van der Waals surface area contributed by atoms with Crippen molar-refractivity contribution in [3.63, 3.8) is 0 Å². The number of halogens is 2. The Morgan fingerprint density at radius 2 is 1.79 bits per heavy atom. The predicted molar refractivity (Wildman–Crippen MR) is 119 cm³/mol. The number of nitrogens with one attached hydrogen (secondary N) is 2. The van der Waals surface area contributed by atoms with Crippen LogP contribution in [0.4, 0.5) is 4.39 Å². The quantitative estimate of drug-likeness (QED) is 0.489. The molecule has 4 N–H and O–H groups in total. The zero-order valence-corrected chi connectivity index (χ0v) is 19.1. The van der Waals surface area contributed by atoms with Crippen LogP contribution in [-0.4, -0.2) is 38.9 Å². The average molecular weight is 496 g/mol. The maximum Gasteiger partial charge on any atom is 0.258 e. The number of ether oxygens (including phenoxy) is 1. The molecule has 33 heavy (non-hydrogen) atoms. The molecule has 8 nitrogen and oxygen atoms in total. The van der Waals surface area contributed by atoms with E-state index in [4.69, 9.17) is 21.5 Å². The summed E-state index contributed by atoms with van der Waals surface area (Å²) in [6.45, 7) is 0.159. The Bertz CT molecular complexity index is 1180. The summed E-state index contributed by atoms with van der Waals surface area (Å²) in [4.78, 5) is 24.8. The molecule has 0 radical (unpaired) electrons. The van der Waals surface area contributed by atoms with Crippen LogP contribution in [0.15, 0.2) is 47.4 Å². The lowest BCUT2D eigenvalue weighted by Gasteiger charge is -2.69. The summed E-state index contributed by atoms with van der Waals surface area (Å²) in [5.74, 6) is -0.795. The summed E-state index contributed by atoms with van der Waals surface area (Å²) in [6.07, 6.45) is 2.25. The molecule has 176 valence electrons. The van der Waals surface area contributed by atoms with Crippen LogP contribution in [0.5, 0.6) is 5.75 Å². The molecule has 2 bridgehead atoms. The minimum atomic E-state index is -3.73. The van der Waals surface area contributed by atoms with Gasteiger partial charge in [0.2, 0.25) is 15.9 Å². The van der Waals surface area contributed by atoms with E-state index in [0.717, 1.165) is 11.6 Å². The largest absolute Gasteiger partial charge is 0.484 e. The van der Waals surface area contributed by atoms with Gasteiger partial charge in [-0.3, -0.25) is 9.59 Å². The highest BCUT2D eigenvalue weighted by Crippen LogP contribution is 2.67. The first-order chi connectivity index (χ1) is 15.5. The fourth-order valence-electron chi connectivity index (χ4n) is 4.56. The van der Waals surface area contributed by atoms with Crippen molar-refractivity contribution in [1.82, 2.24) is 10.6 Å². The van der Waals surface area contributed by atoms with Gasteiger partial charge in [-0.2, -0.15) is 0 Å². The third-order valence-corrected chi connectivity index (χ3v) is 7.36. The number of amides is 2. The van der Waals surface area contributed by atoms with E-state index in [1.54, 1.807) is 12.1 Å². The Morgan fingerprint density at radius 3 is 2.39 bits per heavy atom. The summed E-state index contributed by atoms with van der Waals surface area (Å²) in [7, 11) is -3.73. The van der Waals surface area contributed by atoms with Gasteiger partial charge in [0.25, 0.3) is 5.91 Å². The number of rotatable bonds is 9. The van der Waals surface area contributed by atoms with Crippen molar-refractivity contribution in [1.29, 1.82) is 0 Å². The van der Waals surface area contributed by atoms with Crippen molar-refractivity contribution >= 4 is 33.4 Å². The minimum absolute atomic E-state index is 0.0239. The zero-order chi connectivity index (χ0) is 23.9. The van der Waals surface area contributed by atoms with Crippen molar-refractivity contribution in [2.75, 3.05) is 13.2 Å². The third-order valence-electron chi connectivity index (χ3n) is 6.13. The van der Waals surface area contributed by atoms with Crippen molar-refractivity contribution in [3.05, 3.63) is 58.9 Å². The zero-order valence-electron chi connectivity index (χ0n) is 17.6. The van der Waals surface area contributed by atoms with Gasteiger partial charge in [0.15, 0.2) is 6.61 Å². The SMILES string of the molecule is NS(=O)(=O)c1ccc(CCNC(=O)C23CC(NC(=O)COc4ccc(Cl)c(F)c4)(C2)C3)cc1. The first kappa shape index (κ1) is 23.5. The van der Waals surface area contributed by atoms with Crippen LogP contribution in [-0.2, 0) is 26.0 Å². The highest BCUT2D eigenvalue weighted by atomic mass is 35.5. The van der Waals surface area contributed by atoms with Crippen LogP contribution in [0.25, 0.3) is 0 Å². The van der Waals surface area contributed by atoms with E-state index in [1.807, 2.05) is 0 Å². The maximum atomic E-state index is 13.4. The standard InChI is InChI=1S/C22H23ClFN3O5S/c23-17-6-3-15(9-18(17)24)32-10-19(28)27-22-11-21(12-22,13-22)20(29)26-8-7-14-1-4-16(5-2-14)33(25,30)31/h1-6,9H,7-8,10-13H2,(H,26,29)(H,27,28)(H2,25,30,31). The lowest BCUT2D eigenvalue weighted by Crippen LogP contribution is -2.78. The van der Waals surface area contributed by atoms with Gasteiger partial charge in [-0.25, -0.2) is 17.9 Å². The second-order valence-corrected chi connectivity index (χ2v) is 10.7. The molecule has 3 saturated carbocycles. The van der Waals surface area contributed by atoms with E-state index >= 15 is 0 Å². The van der Waals surface area contributed by atoms with E-state index in [9.17, 15) is 22.4 Å². The molecule has 0 heterocycles. The summed E-state index contributed by atoms with van der Waals surface area (Å²) < 4.78 is 41.3. The van der Waals surface area contributed by atoms with E-state index in [1.165, 1.54) is 24.3 Å². The van der Waals surface area contributed by atoms with Gasteiger partial charge < -0.3 is 15.4 Å². The van der Waals surface area contributed by atoms with Gasteiger partial charge in [0.05, 0.1) is 15.3 Å². The molecule has 2 aromatic rings. The van der Waals surface area contributed by atoms with Gasteiger partial charge in [0.1, 0.15) is 11.6 Å². The van der Waals surface area contributed by atoms with Gasteiger partial charge in [0, 0.05) is 18.2 Å². The van der Waals surface area contributed by atoms with Crippen LogP contribution in [0, 0.1) is 11.2 Å². The molecule has 0 unspecified atom stereocenters. The van der Waals surface area contributed by atoms with Gasteiger partial charge in [-0.15, -0.1) is 0 Å². The molecule has 2 aromatic carbocycles. The van der Waals surface area contributed by atoms with Crippen LogP contribution in [0.2, 0.25) is 5.02 Å². The molecule has 0 spiro atoms. The first-order valence-electron chi connectivity index (χ1n) is 10.3. The summed E-state index contributed by atoms with van der Waals surface area (Å²) in [6, 6.07) is 10.2. The van der Waals surface area contributed by atoms with Gasteiger partial charge >= 0.3 is 0 Å². The molecule has 0 aromatic heterocycles. The molecule has 5 rings (SSSR count). The van der Waals surface area contributed by atoms with Crippen molar-refractivity contribution in [2.45, 2.75) is 36.1 Å². The van der Waals surface area contributed by atoms with Crippen LogP contribution in [0.1, 0.15) is 24.8 Å². The normalized spacial score (nSPS) is 23.1. The van der Waals surface area contributed by atoms with Crippen molar-refractivity contribution < 1.29 is 27.1 Å². The third kappa shape index (κ3) is 4.97.